The Balaban J connectivity index is 1.57. The van der Waals surface area contributed by atoms with E-state index in [1.54, 1.807) is 0 Å². The maximum Gasteiger partial charge on any atom is 0.0559 e. The van der Waals surface area contributed by atoms with E-state index in [-0.39, 0.29) is 0 Å². The van der Waals surface area contributed by atoms with Gasteiger partial charge in [-0.1, -0.05) is 60.7 Å². The molecule has 0 saturated carbocycles. The van der Waals surface area contributed by atoms with E-state index in [0.29, 0.717) is 0 Å². The van der Waals surface area contributed by atoms with E-state index in [1.807, 2.05) is 11.3 Å². The Labute approximate surface area is 193 Å². The molecule has 0 fully saturated rings. The molecule has 0 radical (unpaired) electrons. The monoisotopic (exact) mass is 438 g/mol. The zero-order valence-corrected chi connectivity index (χ0v) is 18.5. The van der Waals surface area contributed by atoms with Crippen molar-refractivity contribution in [1.82, 2.24) is 9.55 Å². The van der Waals surface area contributed by atoms with Crippen molar-refractivity contribution in [3.63, 3.8) is 0 Å². The lowest BCUT2D eigenvalue weighted by Crippen LogP contribution is -1.92. The quantitative estimate of drug-likeness (QED) is 0.264. The first kappa shape index (κ1) is 17.5. The predicted octanol–water partition coefficient (Wildman–Crippen LogP) is 8.79. The zero-order chi connectivity index (χ0) is 21.5. The molecule has 0 atom stereocenters. The second-order valence-corrected chi connectivity index (χ2v) is 9.77. The lowest BCUT2D eigenvalue weighted by molar-refractivity contribution is 1.18. The van der Waals surface area contributed by atoms with E-state index in [0.717, 1.165) is 0 Å². The Morgan fingerprint density at radius 1 is 0.545 bits per heavy atom. The van der Waals surface area contributed by atoms with Gasteiger partial charge < -0.3 is 9.55 Å². The van der Waals surface area contributed by atoms with Crippen LogP contribution in [-0.4, -0.2) is 9.55 Å². The average Bonchev–Trinajstić information content (AvgIpc) is 3.52. The molecule has 3 aromatic heterocycles. The van der Waals surface area contributed by atoms with Gasteiger partial charge in [-0.05, 0) is 42.5 Å². The molecule has 8 aromatic rings. The fourth-order valence-electron chi connectivity index (χ4n) is 5.50. The van der Waals surface area contributed by atoms with Gasteiger partial charge in [0, 0.05) is 52.9 Å². The van der Waals surface area contributed by atoms with Gasteiger partial charge in [0.25, 0.3) is 0 Å². The van der Waals surface area contributed by atoms with E-state index < -0.39 is 0 Å². The van der Waals surface area contributed by atoms with Crippen LogP contribution in [0.4, 0.5) is 0 Å². The standard InChI is InChI=1S/C30H18N2S/c1-2-8-18(9-3-1)32-25-13-7-5-11-20(25)22-16-23-28(17-26(22)32)33-27-15-14-21-19-10-4-6-12-24(19)31-30(21)29(23)27/h1-17,31H. The maximum atomic E-state index is 3.72. The highest BCUT2D eigenvalue weighted by molar-refractivity contribution is 7.26. The lowest BCUT2D eigenvalue weighted by Gasteiger charge is -2.07. The van der Waals surface area contributed by atoms with Crippen LogP contribution in [-0.2, 0) is 0 Å². The third-order valence-electron chi connectivity index (χ3n) is 6.92. The summed E-state index contributed by atoms with van der Waals surface area (Å²) in [5.41, 5.74) is 6.14. The molecular weight excluding hydrogens is 420 g/mol. The molecule has 0 unspecified atom stereocenters. The van der Waals surface area contributed by atoms with Gasteiger partial charge >= 0.3 is 0 Å². The number of fused-ring (bicyclic) bond motifs is 10. The molecular formula is C30H18N2S. The molecule has 5 aromatic carbocycles. The van der Waals surface area contributed by atoms with Crippen molar-refractivity contribution in [3.05, 3.63) is 103 Å². The number of hydrogen-bond acceptors (Lipinski definition) is 1. The molecule has 0 saturated heterocycles. The van der Waals surface area contributed by atoms with Crippen LogP contribution in [0, 0.1) is 0 Å². The summed E-state index contributed by atoms with van der Waals surface area (Å²) >= 11 is 1.88. The number of thiophene rings is 1. The van der Waals surface area contributed by atoms with Crippen molar-refractivity contribution in [2.24, 2.45) is 0 Å². The first-order chi connectivity index (χ1) is 16.4. The van der Waals surface area contributed by atoms with E-state index in [4.69, 9.17) is 0 Å². The number of H-pyrrole nitrogens is 1. The summed E-state index contributed by atoms with van der Waals surface area (Å²) in [5.74, 6) is 0. The van der Waals surface area contributed by atoms with Crippen LogP contribution in [0.3, 0.4) is 0 Å². The molecule has 3 heterocycles. The van der Waals surface area contributed by atoms with Crippen LogP contribution >= 0.6 is 11.3 Å². The van der Waals surface area contributed by atoms with E-state index in [2.05, 4.69) is 113 Å². The molecule has 8 rings (SSSR count). The van der Waals surface area contributed by atoms with Gasteiger partial charge in [-0.25, -0.2) is 0 Å². The van der Waals surface area contributed by atoms with Gasteiger partial charge in [0.15, 0.2) is 0 Å². The molecule has 2 nitrogen and oxygen atoms in total. The van der Waals surface area contributed by atoms with Crippen molar-refractivity contribution in [3.8, 4) is 5.69 Å². The molecule has 154 valence electrons. The lowest BCUT2D eigenvalue weighted by atomic mass is 10.1. The minimum absolute atomic E-state index is 1.20. The highest BCUT2D eigenvalue weighted by Gasteiger charge is 2.17. The minimum atomic E-state index is 1.20. The van der Waals surface area contributed by atoms with Crippen molar-refractivity contribution in [1.29, 1.82) is 0 Å². The largest absolute Gasteiger partial charge is 0.354 e. The predicted molar refractivity (Wildman–Crippen MR) is 143 cm³/mol. The fraction of sp³-hybridized carbons (Fsp3) is 0. The van der Waals surface area contributed by atoms with Gasteiger partial charge in [0.2, 0.25) is 0 Å². The summed E-state index contributed by atoms with van der Waals surface area (Å²) in [7, 11) is 0. The van der Waals surface area contributed by atoms with Crippen molar-refractivity contribution < 1.29 is 0 Å². The highest BCUT2D eigenvalue weighted by Crippen LogP contribution is 2.43. The molecule has 0 spiro atoms. The van der Waals surface area contributed by atoms with Gasteiger partial charge in [-0.2, -0.15) is 0 Å². The number of hydrogen-bond donors (Lipinski definition) is 1. The van der Waals surface area contributed by atoms with E-state index in [9.17, 15) is 0 Å². The Bertz CT molecular complexity index is 2020. The van der Waals surface area contributed by atoms with Crippen LogP contribution in [0.2, 0.25) is 0 Å². The van der Waals surface area contributed by atoms with Crippen molar-refractivity contribution in [2.75, 3.05) is 0 Å². The Morgan fingerprint density at radius 3 is 2.24 bits per heavy atom. The number of nitrogens with zero attached hydrogens (tertiary/aromatic N) is 1. The summed E-state index contributed by atoms with van der Waals surface area (Å²) in [4.78, 5) is 3.72. The first-order valence-electron chi connectivity index (χ1n) is 11.2. The van der Waals surface area contributed by atoms with Crippen molar-refractivity contribution in [2.45, 2.75) is 0 Å². The Kier molecular flexibility index (Phi) is 3.31. The van der Waals surface area contributed by atoms with Crippen LogP contribution < -0.4 is 0 Å². The summed E-state index contributed by atoms with van der Waals surface area (Å²) in [6.07, 6.45) is 0. The molecule has 0 amide bonds. The molecule has 1 N–H and O–H groups in total. The third-order valence-corrected chi connectivity index (χ3v) is 8.04. The first-order valence-corrected chi connectivity index (χ1v) is 12.0. The fourth-order valence-corrected chi connectivity index (χ4v) is 6.63. The van der Waals surface area contributed by atoms with E-state index >= 15 is 0 Å². The SMILES string of the molecule is c1ccc(-n2c3ccccc3c3cc4c(cc32)sc2ccc3c5ccccc5[nH]c3c24)cc1. The number of benzene rings is 5. The van der Waals surface area contributed by atoms with Gasteiger partial charge in [-0.15, -0.1) is 11.3 Å². The van der Waals surface area contributed by atoms with Crippen LogP contribution in [0.5, 0.6) is 0 Å². The number of aromatic amines is 1. The molecule has 0 aliphatic rings. The van der Waals surface area contributed by atoms with Crippen LogP contribution in [0.25, 0.3) is 69.5 Å². The van der Waals surface area contributed by atoms with Crippen LogP contribution in [0.15, 0.2) is 103 Å². The Morgan fingerprint density at radius 2 is 1.33 bits per heavy atom. The summed E-state index contributed by atoms with van der Waals surface area (Å²) in [5, 5.41) is 7.84. The summed E-state index contributed by atoms with van der Waals surface area (Å²) < 4.78 is 5.04. The number of rotatable bonds is 1. The molecule has 0 bridgehead atoms. The third kappa shape index (κ3) is 2.27. The number of para-hydroxylation sites is 3. The second-order valence-electron chi connectivity index (χ2n) is 8.69. The normalized spacial score (nSPS) is 12.2. The molecule has 3 heteroatoms. The summed E-state index contributed by atoms with van der Waals surface area (Å²) in [6.45, 7) is 0. The molecule has 0 aliphatic heterocycles. The zero-order valence-electron chi connectivity index (χ0n) is 17.7. The van der Waals surface area contributed by atoms with E-state index in [1.165, 1.54) is 69.5 Å². The van der Waals surface area contributed by atoms with Crippen LogP contribution in [0.1, 0.15) is 0 Å². The van der Waals surface area contributed by atoms with Gasteiger partial charge in [0.05, 0.1) is 16.6 Å². The number of nitrogens with one attached hydrogen (secondary N) is 1. The number of aromatic nitrogens is 2. The van der Waals surface area contributed by atoms with Crippen molar-refractivity contribution >= 4 is 75.1 Å². The topological polar surface area (TPSA) is 20.7 Å². The Hall–Kier alpha value is -4.08. The summed E-state index contributed by atoms with van der Waals surface area (Å²) in [6, 6.07) is 37.4. The average molecular weight is 439 g/mol. The smallest absolute Gasteiger partial charge is 0.0559 e. The minimum Gasteiger partial charge on any atom is -0.354 e. The maximum absolute atomic E-state index is 3.72. The van der Waals surface area contributed by atoms with Gasteiger partial charge in [0.1, 0.15) is 0 Å². The highest BCUT2D eigenvalue weighted by atomic mass is 32.1. The van der Waals surface area contributed by atoms with Gasteiger partial charge in [-0.3, -0.25) is 0 Å². The molecule has 33 heavy (non-hydrogen) atoms. The molecule has 0 aliphatic carbocycles. The second kappa shape index (κ2) is 6.25.